The quantitative estimate of drug-likeness (QED) is 0.269. The number of benzene rings is 3. The summed E-state index contributed by atoms with van der Waals surface area (Å²) in [6, 6.07) is 21.3. The average Bonchev–Trinajstić information content (AvgIpc) is 3.24. The van der Waals surface area contributed by atoms with E-state index >= 15 is 0 Å². The zero-order valence-electron chi connectivity index (χ0n) is 17.7. The van der Waals surface area contributed by atoms with Crippen molar-refractivity contribution in [2.75, 3.05) is 0 Å². The number of aryl methyl sites for hydroxylation is 1. The van der Waals surface area contributed by atoms with Gasteiger partial charge in [-0.05, 0) is 73.2 Å². The average molecular weight is 460 g/mol. The van der Waals surface area contributed by atoms with Crippen LogP contribution in [0.25, 0.3) is 11.0 Å². The largest absolute Gasteiger partial charge is 0.486 e. The van der Waals surface area contributed by atoms with Gasteiger partial charge in [0.2, 0.25) is 0 Å². The number of aromatic nitrogens is 2. The van der Waals surface area contributed by atoms with Crippen LogP contribution in [0.15, 0.2) is 72.8 Å². The summed E-state index contributed by atoms with van der Waals surface area (Å²) in [5.41, 5.74) is 8.83. The zero-order chi connectivity index (χ0) is 23.2. The van der Waals surface area contributed by atoms with E-state index in [1.165, 1.54) is 0 Å². The third-order valence-electron chi connectivity index (χ3n) is 4.73. The first-order valence-corrected chi connectivity index (χ1v) is 10.5. The Labute approximate surface area is 195 Å². The molecule has 166 valence electrons. The lowest BCUT2D eigenvalue weighted by Crippen LogP contribution is -2.48. The van der Waals surface area contributed by atoms with E-state index in [1.807, 2.05) is 31.2 Å². The van der Waals surface area contributed by atoms with Crippen LogP contribution < -0.4 is 20.9 Å². The first kappa shape index (κ1) is 22.0. The maximum Gasteiger partial charge on any atom is 0.269 e. The monoisotopic (exact) mass is 459 g/mol. The van der Waals surface area contributed by atoms with Crippen LogP contribution >= 0.6 is 12.2 Å². The predicted molar refractivity (Wildman–Crippen MR) is 129 cm³/mol. The SMILES string of the molecule is Cc1ccc2nc(COc3ccc(C(=O)NNC(=S)NC(=O)c4ccccc4)cc3)[nH]c2c1. The van der Waals surface area contributed by atoms with E-state index in [1.54, 1.807) is 48.5 Å². The Hall–Kier alpha value is -4.24. The molecule has 0 saturated carbocycles. The second-order valence-electron chi connectivity index (χ2n) is 7.25. The van der Waals surface area contributed by atoms with Crippen molar-refractivity contribution in [3.8, 4) is 5.75 Å². The van der Waals surface area contributed by atoms with Gasteiger partial charge in [-0.1, -0.05) is 24.3 Å². The van der Waals surface area contributed by atoms with Gasteiger partial charge in [0, 0.05) is 11.1 Å². The highest BCUT2D eigenvalue weighted by atomic mass is 32.1. The number of nitrogens with zero attached hydrogens (tertiary/aromatic N) is 1. The lowest BCUT2D eigenvalue weighted by Gasteiger charge is -2.11. The van der Waals surface area contributed by atoms with Gasteiger partial charge >= 0.3 is 0 Å². The van der Waals surface area contributed by atoms with Gasteiger partial charge in [0.15, 0.2) is 5.11 Å². The fraction of sp³-hybridized carbons (Fsp3) is 0.0833. The first-order chi connectivity index (χ1) is 16.0. The highest BCUT2D eigenvalue weighted by Gasteiger charge is 2.10. The molecule has 0 radical (unpaired) electrons. The van der Waals surface area contributed by atoms with Crippen LogP contribution in [0.1, 0.15) is 32.1 Å². The van der Waals surface area contributed by atoms with Gasteiger partial charge < -0.3 is 9.72 Å². The number of carbonyl (C=O) groups is 2. The number of amides is 2. The Kier molecular flexibility index (Phi) is 6.61. The maximum absolute atomic E-state index is 12.3. The van der Waals surface area contributed by atoms with E-state index < -0.39 is 5.91 Å². The summed E-state index contributed by atoms with van der Waals surface area (Å²) in [6.45, 7) is 2.30. The number of hydrazine groups is 1. The molecule has 8 nitrogen and oxygen atoms in total. The summed E-state index contributed by atoms with van der Waals surface area (Å²) in [6.07, 6.45) is 0. The number of nitrogens with one attached hydrogen (secondary N) is 4. The summed E-state index contributed by atoms with van der Waals surface area (Å²) < 4.78 is 5.76. The van der Waals surface area contributed by atoms with Crippen LogP contribution in [-0.4, -0.2) is 26.9 Å². The van der Waals surface area contributed by atoms with Crippen molar-refractivity contribution in [1.82, 2.24) is 26.1 Å². The molecule has 4 aromatic rings. The number of ether oxygens (including phenoxy) is 1. The third-order valence-corrected chi connectivity index (χ3v) is 4.94. The predicted octanol–water partition coefficient (Wildman–Crippen LogP) is 3.40. The van der Waals surface area contributed by atoms with Crippen LogP contribution in [-0.2, 0) is 6.61 Å². The van der Waals surface area contributed by atoms with Crippen molar-refractivity contribution in [2.45, 2.75) is 13.5 Å². The highest BCUT2D eigenvalue weighted by Crippen LogP contribution is 2.16. The van der Waals surface area contributed by atoms with Gasteiger partial charge in [0.1, 0.15) is 18.2 Å². The van der Waals surface area contributed by atoms with Crippen molar-refractivity contribution in [2.24, 2.45) is 0 Å². The Morgan fingerprint density at radius 3 is 2.42 bits per heavy atom. The molecule has 0 aliphatic heterocycles. The molecule has 0 aliphatic carbocycles. The van der Waals surface area contributed by atoms with E-state index in [9.17, 15) is 9.59 Å². The van der Waals surface area contributed by atoms with Crippen molar-refractivity contribution in [1.29, 1.82) is 0 Å². The van der Waals surface area contributed by atoms with Crippen molar-refractivity contribution >= 4 is 40.2 Å². The Morgan fingerprint density at radius 1 is 0.939 bits per heavy atom. The van der Waals surface area contributed by atoms with E-state index in [0.717, 1.165) is 16.6 Å². The molecule has 2 amide bonds. The number of carbonyl (C=O) groups excluding carboxylic acids is 2. The van der Waals surface area contributed by atoms with Crippen LogP contribution in [0.2, 0.25) is 0 Å². The number of imidazole rings is 1. The van der Waals surface area contributed by atoms with Gasteiger partial charge in [-0.15, -0.1) is 0 Å². The maximum atomic E-state index is 12.3. The Bertz CT molecular complexity index is 1300. The van der Waals surface area contributed by atoms with Crippen LogP contribution in [0, 0.1) is 6.92 Å². The summed E-state index contributed by atoms with van der Waals surface area (Å²) in [5, 5.41) is 2.48. The van der Waals surface area contributed by atoms with Gasteiger partial charge in [-0.2, -0.15) is 0 Å². The Balaban J connectivity index is 1.26. The number of hydrogen-bond donors (Lipinski definition) is 4. The van der Waals surface area contributed by atoms with Crippen molar-refractivity contribution < 1.29 is 14.3 Å². The summed E-state index contributed by atoms with van der Waals surface area (Å²) in [7, 11) is 0. The van der Waals surface area contributed by atoms with E-state index in [2.05, 4.69) is 26.1 Å². The van der Waals surface area contributed by atoms with Gasteiger partial charge in [-0.25, -0.2) is 4.98 Å². The number of hydrogen-bond acceptors (Lipinski definition) is 5. The minimum absolute atomic E-state index is 0.0156. The number of aromatic amines is 1. The van der Waals surface area contributed by atoms with E-state index in [4.69, 9.17) is 17.0 Å². The van der Waals surface area contributed by atoms with E-state index in [0.29, 0.717) is 22.7 Å². The molecule has 0 bridgehead atoms. The molecule has 0 aliphatic rings. The molecule has 0 saturated heterocycles. The van der Waals surface area contributed by atoms with Crippen LogP contribution in [0.5, 0.6) is 5.75 Å². The molecule has 0 fully saturated rings. The van der Waals surface area contributed by atoms with Crippen LogP contribution in [0.4, 0.5) is 0 Å². The molecule has 1 heterocycles. The van der Waals surface area contributed by atoms with Crippen molar-refractivity contribution in [3.63, 3.8) is 0 Å². The highest BCUT2D eigenvalue weighted by molar-refractivity contribution is 7.80. The molecule has 0 spiro atoms. The normalized spacial score (nSPS) is 10.5. The zero-order valence-corrected chi connectivity index (χ0v) is 18.5. The fourth-order valence-electron chi connectivity index (χ4n) is 3.08. The fourth-order valence-corrected chi connectivity index (χ4v) is 3.22. The smallest absolute Gasteiger partial charge is 0.269 e. The molecule has 3 aromatic carbocycles. The third kappa shape index (κ3) is 5.72. The number of thiocarbonyl (C=S) groups is 1. The second-order valence-corrected chi connectivity index (χ2v) is 7.65. The van der Waals surface area contributed by atoms with E-state index in [-0.39, 0.29) is 17.6 Å². The van der Waals surface area contributed by atoms with Gasteiger partial charge in [0.05, 0.1) is 11.0 Å². The standard InChI is InChI=1S/C24H21N5O3S/c1-15-7-12-19-20(13-15)26-21(25-19)14-32-18-10-8-17(9-11-18)23(31)28-29-24(33)27-22(30)16-5-3-2-4-6-16/h2-13H,14H2,1H3,(H,25,26)(H,28,31)(H2,27,29,30,33). The Morgan fingerprint density at radius 2 is 1.67 bits per heavy atom. The van der Waals surface area contributed by atoms with Crippen molar-refractivity contribution in [3.05, 3.63) is 95.3 Å². The molecule has 4 rings (SSSR count). The molecular weight excluding hydrogens is 438 g/mol. The summed E-state index contributed by atoms with van der Waals surface area (Å²) in [5.74, 6) is 0.531. The lowest BCUT2D eigenvalue weighted by atomic mass is 10.2. The molecule has 1 aromatic heterocycles. The topological polar surface area (TPSA) is 108 Å². The van der Waals surface area contributed by atoms with Gasteiger partial charge in [-0.3, -0.25) is 25.8 Å². The minimum atomic E-state index is -0.412. The summed E-state index contributed by atoms with van der Waals surface area (Å²) >= 11 is 5.04. The number of fused-ring (bicyclic) bond motifs is 1. The lowest BCUT2D eigenvalue weighted by molar-refractivity contribution is 0.0934. The molecule has 33 heavy (non-hydrogen) atoms. The molecule has 4 N–H and O–H groups in total. The first-order valence-electron chi connectivity index (χ1n) is 10.1. The minimum Gasteiger partial charge on any atom is -0.486 e. The molecular formula is C24H21N5O3S. The van der Waals surface area contributed by atoms with Crippen LogP contribution in [0.3, 0.4) is 0 Å². The summed E-state index contributed by atoms with van der Waals surface area (Å²) in [4.78, 5) is 32.1. The molecule has 0 unspecified atom stereocenters. The number of H-pyrrole nitrogens is 1. The molecule has 9 heteroatoms. The number of rotatable bonds is 5. The molecule has 0 atom stereocenters. The van der Waals surface area contributed by atoms with Gasteiger partial charge in [0.25, 0.3) is 11.8 Å². The second kappa shape index (κ2) is 9.92.